The molecule has 6 nitrogen and oxygen atoms in total. The number of rotatable bonds is 5. The summed E-state index contributed by atoms with van der Waals surface area (Å²) >= 11 is 0. The lowest BCUT2D eigenvalue weighted by atomic mass is 9.86. The quantitative estimate of drug-likeness (QED) is 0.720. The first-order chi connectivity index (χ1) is 7.99. The first-order valence-corrected chi connectivity index (χ1v) is 5.63. The molecular weight excluding hydrogens is 226 g/mol. The van der Waals surface area contributed by atoms with Gasteiger partial charge in [-0.2, -0.15) is 0 Å². The van der Waals surface area contributed by atoms with Crippen molar-refractivity contribution in [3.63, 3.8) is 0 Å². The summed E-state index contributed by atoms with van der Waals surface area (Å²) in [5.41, 5.74) is -0.700. The summed E-state index contributed by atoms with van der Waals surface area (Å²) in [6.07, 6.45) is 0.366. The minimum atomic E-state index is -0.919. The predicted octanol–water partition coefficient (Wildman–Crippen LogP) is 0.161. The van der Waals surface area contributed by atoms with Crippen LogP contribution in [-0.2, 0) is 19.1 Å². The van der Waals surface area contributed by atoms with Crippen molar-refractivity contribution in [3.8, 4) is 0 Å². The Hall–Kier alpha value is -1.14. The van der Waals surface area contributed by atoms with Crippen molar-refractivity contribution in [1.29, 1.82) is 0 Å². The lowest BCUT2D eigenvalue weighted by Gasteiger charge is -2.37. The molecule has 1 rings (SSSR count). The van der Waals surface area contributed by atoms with Crippen LogP contribution in [0, 0.1) is 0 Å². The van der Waals surface area contributed by atoms with E-state index in [1.54, 1.807) is 6.92 Å². The molecule has 1 aliphatic heterocycles. The molecule has 0 saturated carbocycles. The molecule has 1 saturated heterocycles. The van der Waals surface area contributed by atoms with Gasteiger partial charge in [-0.05, 0) is 19.8 Å². The molecule has 0 spiro atoms. The molecule has 0 aromatic carbocycles. The Morgan fingerprint density at radius 3 is 2.53 bits per heavy atom. The number of nitrogens with one attached hydrogen (secondary N) is 1. The Bertz CT molecular complexity index is 286. The Morgan fingerprint density at radius 1 is 1.47 bits per heavy atom. The molecule has 0 aliphatic carbocycles. The number of ether oxygens (including phenoxy) is 2. The van der Waals surface area contributed by atoms with Crippen LogP contribution in [0.3, 0.4) is 0 Å². The lowest BCUT2D eigenvalue weighted by Crippen LogP contribution is -2.55. The molecule has 0 bridgehead atoms. The van der Waals surface area contributed by atoms with Crippen molar-refractivity contribution < 1.29 is 24.2 Å². The first-order valence-electron chi connectivity index (χ1n) is 5.63. The number of carbonyl (C=O) groups excluding carboxylic acids is 1. The summed E-state index contributed by atoms with van der Waals surface area (Å²) < 4.78 is 10.1. The first kappa shape index (κ1) is 13.9. The van der Waals surface area contributed by atoms with Gasteiger partial charge in [-0.1, -0.05) is 0 Å². The van der Waals surface area contributed by atoms with E-state index in [0.29, 0.717) is 26.1 Å². The average molecular weight is 245 g/mol. The molecule has 1 heterocycles. The Balaban J connectivity index is 2.69. The van der Waals surface area contributed by atoms with Gasteiger partial charge in [-0.25, -0.2) is 0 Å². The van der Waals surface area contributed by atoms with Gasteiger partial charge < -0.3 is 19.9 Å². The minimum absolute atomic E-state index is 0.0848. The third-order valence-corrected chi connectivity index (χ3v) is 3.05. The zero-order chi connectivity index (χ0) is 12.9. The van der Waals surface area contributed by atoms with Crippen LogP contribution in [0.25, 0.3) is 0 Å². The highest BCUT2D eigenvalue weighted by molar-refractivity contribution is 5.82. The van der Waals surface area contributed by atoms with E-state index in [0.717, 1.165) is 0 Å². The van der Waals surface area contributed by atoms with Crippen molar-refractivity contribution in [2.45, 2.75) is 37.8 Å². The highest BCUT2D eigenvalue weighted by atomic mass is 16.5. The summed E-state index contributed by atoms with van der Waals surface area (Å²) in [6, 6.07) is 0. The van der Waals surface area contributed by atoms with Crippen LogP contribution in [0.1, 0.15) is 26.2 Å². The Kier molecular flexibility index (Phi) is 4.89. The molecule has 0 radical (unpaired) electrons. The fourth-order valence-corrected chi connectivity index (χ4v) is 1.87. The molecule has 1 atom stereocenters. The Morgan fingerprint density at radius 2 is 2.06 bits per heavy atom. The summed E-state index contributed by atoms with van der Waals surface area (Å²) in [5.74, 6) is -1.20. The number of aliphatic carboxylic acids is 1. The van der Waals surface area contributed by atoms with E-state index < -0.39 is 17.6 Å². The number of methoxy groups -OCH3 is 1. The van der Waals surface area contributed by atoms with Gasteiger partial charge in [-0.15, -0.1) is 0 Å². The minimum Gasteiger partial charge on any atom is -0.481 e. The summed E-state index contributed by atoms with van der Waals surface area (Å²) in [4.78, 5) is 22.6. The van der Waals surface area contributed by atoms with Gasteiger partial charge in [-0.3, -0.25) is 9.59 Å². The van der Waals surface area contributed by atoms with Crippen LogP contribution < -0.4 is 5.32 Å². The number of amides is 1. The normalized spacial score (nSPS) is 20.6. The van der Waals surface area contributed by atoms with Crippen LogP contribution in [-0.4, -0.2) is 48.9 Å². The van der Waals surface area contributed by atoms with Crippen LogP contribution >= 0.6 is 0 Å². The molecule has 1 aliphatic rings. The number of carboxylic acids is 1. The van der Waals surface area contributed by atoms with Crippen LogP contribution in [0.15, 0.2) is 0 Å². The fourth-order valence-electron chi connectivity index (χ4n) is 1.87. The smallest absolute Gasteiger partial charge is 0.305 e. The Labute approximate surface area is 100 Å². The maximum Gasteiger partial charge on any atom is 0.305 e. The van der Waals surface area contributed by atoms with Gasteiger partial charge in [0.25, 0.3) is 0 Å². The molecule has 1 amide bonds. The van der Waals surface area contributed by atoms with Crippen molar-refractivity contribution in [1.82, 2.24) is 5.32 Å². The number of hydrogen-bond donors (Lipinski definition) is 2. The van der Waals surface area contributed by atoms with E-state index in [2.05, 4.69) is 5.32 Å². The van der Waals surface area contributed by atoms with Crippen molar-refractivity contribution in [2.24, 2.45) is 0 Å². The topological polar surface area (TPSA) is 84.9 Å². The summed E-state index contributed by atoms with van der Waals surface area (Å²) in [7, 11) is 1.44. The second-order valence-corrected chi connectivity index (χ2v) is 4.33. The summed E-state index contributed by atoms with van der Waals surface area (Å²) in [5, 5.41) is 11.7. The van der Waals surface area contributed by atoms with Gasteiger partial charge in [0, 0.05) is 20.3 Å². The highest BCUT2D eigenvalue weighted by Gasteiger charge is 2.37. The maximum absolute atomic E-state index is 11.8. The van der Waals surface area contributed by atoms with Crippen LogP contribution in [0.2, 0.25) is 0 Å². The molecule has 2 N–H and O–H groups in total. The van der Waals surface area contributed by atoms with Gasteiger partial charge in [0.15, 0.2) is 0 Å². The molecule has 1 unspecified atom stereocenters. The van der Waals surface area contributed by atoms with E-state index in [1.165, 1.54) is 7.11 Å². The van der Waals surface area contributed by atoms with Crippen molar-refractivity contribution in [3.05, 3.63) is 0 Å². The molecule has 1 fully saturated rings. The summed E-state index contributed by atoms with van der Waals surface area (Å²) in [6.45, 7) is 2.56. The molecule has 0 aromatic heterocycles. The predicted molar refractivity (Wildman–Crippen MR) is 59.7 cm³/mol. The molecule has 6 heteroatoms. The van der Waals surface area contributed by atoms with E-state index >= 15 is 0 Å². The molecule has 0 aromatic rings. The van der Waals surface area contributed by atoms with Crippen LogP contribution in [0.5, 0.6) is 0 Å². The maximum atomic E-state index is 11.8. The second kappa shape index (κ2) is 5.97. The van der Waals surface area contributed by atoms with E-state index in [1.807, 2.05) is 0 Å². The molecular formula is C11H19NO5. The third-order valence-electron chi connectivity index (χ3n) is 3.05. The monoisotopic (exact) mass is 245 g/mol. The zero-order valence-corrected chi connectivity index (χ0v) is 10.2. The highest BCUT2D eigenvalue weighted by Crippen LogP contribution is 2.24. The fraction of sp³-hybridized carbons (Fsp3) is 0.818. The van der Waals surface area contributed by atoms with E-state index in [9.17, 15) is 9.59 Å². The molecule has 17 heavy (non-hydrogen) atoms. The SMILES string of the molecule is COC(C)C(=O)NC1(CC(=O)O)CCOCC1. The van der Waals surface area contributed by atoms with Crippen molar-refractivity contribution in [2.75, 3.05) is 20.3 Å². The van der Waals surface area contributed by atoms with Crippen LogP contribution in [0.4, 0.5) is 0 Å². The molecule has 98 valence electrons. The average Bonchev–Trinajstić information content (AvgIpc) is 2.27. The van der Waals surface area contributed by atoms with Crippen molar-refractivity contribution >= 4 is 11.9 Å². The van der Waals surface area contributed by atoms with Gasteiger partial charge >= 0.3 is 5.97 Å². The largest absolute Gasteiger partial charge is 0.481 e. The van der Waals surface area contributed by atoms with E-state index in [4.69, 9.17) is 14.6 Å². The number of carboxylic acid groups (broad SMARTS) is 1. The standard InChI is InChI=1S/C11H19NO5/c1-8(16-2)10(15)12-11(7-9(13)14)3-5-17-6-4-11/h8H,3-7H2,1-2H3,(H,12,15)(H,13,14). The van der Waals surface area contributed by atoms with Gasteiger partial charge in [0.1, 0.15) is 6.10 Å². The van der Waals surface area contributed by atoms with Gasteiger partial charge in [0.05, 0.1) is 12.0 Å². The third kappa shape index (κ3) is 3.98. The van der Waals surface area contributed by atoms with Gasteiger partial charge in [0.2, 0.25) is 5.91 Å². The number of hydrogen-bond acceptors (Lipinski definition) is 4. The second-order valence-electron chi connectivity index (χ2n) is 4.33. The zero-order valence-electron chi connectivity index (χ0n) is 10.2. The van der Waals surface area contributed by atoms with E-state index in [-0.39, 0.29) is 12.3 Å². The number of carbonyl (C=O) groups is 2. The lowest BCUT2D eigenvalue weighted by molar-refractivity contribution is -0.141.